The zero-order chi connectivity index (χ0) is 17.5. The zero-order valence-electron chi connectivity index (χ0n) is 14.0. The van der Waals surface area contributed by atoms with Crippen molar-refractivity contribution in [3.8, 4) is 0 Å². The fourth-order valence-corrected chi connectivity index (χ4v) is 4.39. The fraction of sp³-hybridized carbons (Fsp3) is 0.562. The molecule has 0 saturated carbocycles. The van der Waals surface area contributed by atoms with E-state index in [1.54, 1.807) is 20.8 Å². The molecule has 2 aliphatic rings. The number of carbonyl (C=O) groups is 1. The summed E-state index contributed by atoms with van der Waals surface area (Å²) in [6.45, 7) is 6.10. The molecule has 7 nitrogen and oxygen atoms in total. The second-order valence-electron chi connectivity index (χ2n) is 7.08. The summed E-state index contributed by atoms with van der Waals surface area (Å²) in [6, 6.07) is 8.94. The number of carbonyl (C=O) groups excluding carboxylic acids is 1. The molecule has 2 saturated heterocycles. The number of nitrogens with zero attached hydrogens (tertiary/aromatic N) is 2. The molecule has 1 amide bonds. The number of hydrogen-bond donors (Lipinski definition) is 0. The third-order valence-electron chi connectivity index (χ3n) is 3.97. The number of ether oxygens (including phenoxy) is 1. The van der Waals surface area contributed by atoms with E-state index in [0.29, 0.717) is 0 Å². The summed E-state index contributed by atoms with van der Waals surface area (Å²) in [4.78, 5) is 13.7. The quantitative estimate of drug-likeness (QED) is 0.809. The summed E-state index contributed by atoms with van der Waals surface area (Å²) >= 11 is 0. The average Bonchev–Trinajstić information content (AvgIpc) is 2.95. The third kappa shape index (κ3) is 3.55. The molecule has 1 aromatic carbocycles. The molecular formula is C16H22N2O5S. The molecule has 132 valence electrons. The van der Waals surface area contributed by atoms with Crippen LogP contribution in [0.1, 0.15) is 26.3 Å². The summed E-state index contributed by atoms with van der Waals surface area (Å²) in [5.74, 6) is 0. The van der Waals surface area contributed by atoms with Gasteiger partial charge in [-0.1, -0.05) is 30.3 Å². The maximum absolute atomic E-state index is 12.3. The Labute approximate surface area is 142 Å². The minimum absolute atomic E-state index is 0.212. The third-order valence-corrected chi connectivity index (χ3v) is 5.44. The summed E-state index contributed by atoms with van der Waals surface area (Å²) in [5, 5.41) is 0. The molecule has 0 bridgehead atoms. The van der Waals surface area contributed by atoms with E-state index in [1.165, 1.54) is 9.21 Å². The van der Waals surface area contributed by atoms with Gasteiger partial charge in [0.1, 0.15) is 11.7 Å². The van der Waals surface area contributed by atoms with Crippen LogP contribution in [-0.4, -0.2) is 54.6 Å². The van der Waals surface area contributed by atoms with Crippen LogP contribution in [0, 0.1) is 0 Å². The highest BCUT2D eigenvalue weighted by Gasteiger charge is 2.52. The lowest BCUT2D eigenvalue weighted by molar-refractivity contribution is 0.0269. The largest absolute Gasteiger partial charge is 0.444 e. The molecule has 1 aromatic rings. The van der Waals surface area contributed by atoms with Gasteiger partial charge in [0.2, 0.25) is 0 Å². The first-order valence-electron chi connectivity index (χ1n) is 7.88. The second kappa shape index (κ2) is 6.02. The highest BCUT2D eigenvalue weighted by molar-refractivity contribution is 7.84. The molecule has 3 rings (SSSR count). The van der Waals surface area contributed by atoms with Gasteiger partial charge in [-0.15, -0.1) is 0 Å². The maximum atomic E-state index is 12.3. The summed E-state index contributed by atoms with van der Waals surface area (Å²) < 4.78 is 36.4. The van der Waals surface area contributed by atoms with Crippen molar-refractivity contribution in [1.82, 2.24) is 9.21 Å². The van der Waals surface area contributed by atoms with E-state index >= 15 is 0 Å². The van der Waals surface area contributed by atoms with Crippen molar-refractivity contribution < 1.29 is 22.1 Å². The number of rotatable bonds is 2. The van der Waals surface area contributed by atoms with E-state index in [-0.39, 0.29) is 25.7 Å². The first kappa shape index (κ1) is 17.2. The van der Waals surface area contributed by atoms with Crippen molar-refractivity contribution in [1.29, 1.82) is 0 Å². The van der Waals surface area contributed by atoms with E-state index in [4.69, 9.17) is 8.92 Å². The van der Waals surface area contributed by atoms with Crippen molar-refractivity contribution in [2.75, 3.05) is 13.1 Å². The van der Waals surface area contributed by atoms with Crippen LogP contribution in [0.25, 0.3) is 0 Å². The average molecular weight is 354 g/mol. The second-order valence-corrected chi connectivity index (χ2v) is 8.59. The van der Waals surface area contributed by atoms with Gasteiger partial charge >= 0.3 is 16.4 Å². The minimum atomic E-state index is -3.77. The lowest BCUT2D eigenvalue weighted by Gasteiger charge is -2.26. The lowest BCUT2D eigenvalue weighted by Crippen LogP contribution is -2.40. The van der Waals surface area contributed by atoms with Crippen LogP contribution >= 0.6 is 0 Å². The van der Waals surface area contributed by atoms with Gasteiger partial charge in [0, 0.05) is 13.1 Å². The standard InChI is InChI=1S/C16H22N2O5S/c1-16(2,3)22-15(19)17-10-13-14(11-17)23-24(20,21)18(13)9-12-7-5-4-6-8-12/h4-8,13-14H,9-11H2,1-3H3/t13-,14-/m0/s1. The van der Waals surface area contributed by atoms with Gasteiger partial charge in [0.25, 0.3) is 0 Å². The molecule has 0 spiro atoms. The molecule has 2 atom stereocenters. The van der Waals surface area contributed by atoms with Gasteiger partial charge in [-0.25, -0.2) is 4.79 Å². The van der Waals surface area contributed by atoms with Crippen molar-refractivity contribution in [3.05, 3.63) is 35.9 Å². The number of likely N-dealkylation sites (tertiary alicyclic amines) is 1. The SMILES string of the molecule is CC(C)(C)OC(=O)N1C[C@@H]2OS(=O)(=O)N(Cc3ccccc3)[C@H]2C1. The molecule has 0 radical (unpaired) electrons. The number of amides is 1. The van der Waals surface area contributed by atoms with Gasteiger partial charge in [0.05, 0.1) is 12.6 Å². The van der Waals surface area contributed by atoms with Crippen molar-refractivity contribution in [2.24, 2.45) is 0 Å². The van der Waals surface area contributed by atoms with Crippen LogP contribution in [0.2, 0.25) is 0 Å². The zero-order valence-corrected chi connectivity index (χ0v) is 14.8. The Morgan fingerprint density at radius 3 is 2.54 bits per heavy atom. The van der Waals surface area contributed by atoms with Crippen LogP contribution < -0.4 is 0 Å². The van der Waals surface area contributed by atoms with Crippen LogP contribution in [0.5, 0.6) is 0 Å². The first-order valence-corrected chi connectivity index (χ1v) is 9.24. The van der Waals surface area contributed by atoms with Gasteiger partial charge < -0.3 is 9.64 Å². The van der Waals surface area contributed by atoms with Gasteiger partial charge in [-0.05, 0) is 26.3 Å². The molecule has 8 heteroatoms. The Kier molecular flexibility index (Phi) is 4.31. The Hall–Kier alpha value is -1.64. The maximum Gasteiger partial charge on any atom is 0.410 e. The van der Waals surface area contributed by atoms with E-state index in [1.807, 2.05) is 30.3 Å². The minimum Gasteiger partial charge on any atom is -0.444 e. The molecule has 2 fully saturated rings. The Morgan fingerprint density at radius 2 is 1.92 bits per heavy atom. The lowest BCUT2D eigenvalue weighted by atomic mass is 10.2. The Morgan fingerprint density at radius 1 is 1.25 bits per heavy atom. The summed E-state index contributed by atoms with van der Waals surface area (Å²) in [7, 11) is -3.77. The fourth-order valence-electron chi connectivity index (χ4n) is 2.94. The predicted octanol–water partition coefficient (Wildman–Crippen LogP) is 1.75. The van der Waals surface area contributed by atoms with Crippen molar-refractivity contribution in [2.45, 2.75) is 45.1 Å². The molecular weight excluding hydrogens is 332 g/mol. The molecule has 2 aliphatic heterocycles. The number of fused-ring (bicyclic) bond motifs is 1. The molecule has 0 aliphatic carbocycles. The highest BCUT2D eigenvalue weighted by atomic mass is 32.2. The van der Waals surface area contributed by atoms with E-state index in [0.717, 1.165) is 5.56 Å². The van der Waals surface area contributed by atoms with E-state index in [9.17, 15) is 13.2 Å². The Bertz CT molecular complexity index is 714. The summed E-state index contributed by atoms with van der Waals surface area (Å²) in [5.41, 5.74) is 0.284. The number of benzene rings is 1. The first-order chi connectivity index (χ1) is 11.2. The van der Waals surface area contributed by atoms with E-state index < -0.39 is 28.1 Å². The highest BCUT2D eigenvalue weighted by Crippen LogP contribution is 2.33. The normalized spacial score (nSPS) is 26.4. The van der Waals surface area contributed by atoms with Gasteiger partial charge in [-0.3, -0.25) is 4.18 Å². The van der Waals surface area contributed by atoms with Gasteiger partial charge in [0.15, 0.2) is 0 Å². The smallest absolute Gasteiger partial charge is 0.410 e. The van der Waals surface area contributed by atoms with Crippen LogP contribution in [0.4, 0.5) is 4.79 Å². The molecule has 2 heterocycles. The molecule has 0 aromatic heterocycles. The monoisotopic (exact) mass is 354 g/mol. The van der Waals surface area contributed by atoms with Crippen LogP contribution in [0.15, 0.2) is 30.3 Å². The van der Waals surface area contributed by atoms with Crippen LogP contribution in [0.3, 0.4) is 0 Å². The predicted molar refractivity (Wildman–Crippen MR) is 87.4 cm³/mol. The topological polar surface area (TPSA) is 76.1 Å². The van der Waals surface area contributed by atoms with E-state index in [2.05, 4.69) is 0 Å². The molecule has 0 N–H and O–H groups in total. The van der Waals surface area contributed by atoms with Crippen LogP contribution in [-0.2, 0) is 25.8 Å². The molecule has 24 heavy (non-hydrogen) atoms. The van der Waals surface area contributed by atoms with Crippen molar-refractivity contribution in [3.63, 3.8) is 0 Å². The van der Waals surface area contributed by atoms with Crippen molar-refractivity contribution >= 4 is 16.4 Å². The van der Waals surface area contributed by atoms with Gasteiger partial charge in [-0.2, -0.15) is 12.7 Å². The number of hydrogen-bond acceptors (Lipinski definition) is 5. The Balaban J connectivity index is 1.73. The summed E-state index contributed by atoms with van der Waals surface area (Å²) in [6.07, 6.45) is -0.996. The molecule has 0 unspecified atom stereocenters.